The van der Waals surface area contributed by atoms with Crippen LogP contribution in [0, 0.1) is 17.0 Å². The Morgan fingerprint density at radius 2 is 2.10 bits per heavy atom. The third-order valence-corrected chi connectivity index (χ3v) is 3.32. The second-order valence-electron chi connectivity index (χ2n) is 5.27. The molecule has 6 nitrogen and oxygen atoms in total. The van der Waals surface area contributed by atoms with Gasteiger partial charge in [-0.1, -0.05) is 0 Å². The van der Waals surface area contributed by atoms with Crippen molar-refractivity contribution in [3.8, 4) is 0 Å². The van der Waals surface area contributed by atoms with Crippen LogP contribution in [0.3, 0.4) is 0 Å². The minimum atomic E-state index is -0.356. The number of non-ortho nitro benzene ring substituents is 1. The zero-order chi connectivity index (χ0) is 14.5. The van der Waals surface area contributed by atoms with Crippen LogP contribution in [0.4, 0.5) is 11.4 Å². The fourth-order valence-electron chi connectivity index (χ4n) is 2.45. The van der Waals surface area contributed by atoms with Crippen molar-refractivity contribution in [3.63, 3.8) is 0 Å². The number of nitro benzene ring substituents is 1. The lowest BCUT2D eigenvalue weighted by Crippen LogP contribution is -2.42. The smallest absolute Gasteiger partial charge is 0.271 e. The Hall–Kier alpha value is -1.66. The van der Waals surface area contributed by atoms with Crippen LogP contribution in [-0.4, -0.2) is 48.7 Å². The Labute approximate surface area is 118 Å². The molecule has 1 aliphatic rings. The van der Waals surface area contributed by atoms with Crippen molar-refractivity contribution >= 4 is 11.4 Å². The van der Waals surface area contributed by atoms with Crippen LogP contribution < -0.4 is 5.32 Å². The molecular formula is C14H21N3O3. The lowest BCUT2D eigenvalue weighted by Gasteiger charge is -2.29. The SMILES string of the molecule is Cc1cc(NC(C)CN2CCOCC2)cc([N+](=O)[O-])c1. The van der Waals surface area contributed by atoms with Gasteiger partial charge in [-0.3, -0.25) is 15.0 Å². The number of ether oxygens (including phenoxy) is 1. The highest BCUT2D eigenvalue weighted by molar-refractivity contribution is 5.54. The Balaban J connectivity index is 1.96. The van der Waals surface area contributed by atoms with E-state index in [9.17, 15) is 10.1 Å². The molecule has 0 radical (unpaired) electrons. The summed E-state index contributed by atoms with van der Waals surface area (Å²) in [5.41, 5.74) is 1.82. The Bertz CT molecular complexity index is 473. The summed E-state index contributed by atoms with van der Waals surface area (Å²) in [6.45, 7) is 8.31. The molecule has 0 aromatic heterocycles. The van der Waals surface area contributed by atoms with Gasteiger partial charge in [0, 0.05) is 43.5 Å². The van der Waals surface area contributed by atoms with Crippen molar-refractivity contribution in [1.29, 1.82) is 0 Å². The summed E-state index contributed by atoms with van der Waals surface area (Å²) >= 11 is 0. The predicted molar refractivity (Wildman–Crippen MR) is 78.2 cm³/mol. The molecule has 1 aromatic carbocycles. The summed E-state index contributed by atoms with van der Waals surface area (Å²) in [7, 11) is 0. The molecule has 1 saturated heterocycles. The average Bonchev–Trinajstić information content (AvgIpc) is 2.38. The molecular weight excluding hydrogens is 258 g/mol. The standard InChI is InChI=1S/C14H21N3O3/c1-11-7-13(9-14(8-11)17(18)19)15-12(2)10-16-3-5-20-6-4-16/h7-9,12,15H,3-6,10H2,1-2H3. The molecule has 1 fully saturated rings. The van der Waals surface area contributed by atoms with Crippen molar-refractivity contribution in [2.75, 3.05) is 38.2 Å². The van der Waals surface area contributed by atoms with Crippen LogP contribution in [0.25, 0.3) is 0 Å². The van der Waals surface area contributed by atoms with Gasteiger partial charge in [-0.05, 0) is 25.5 Å². The fraction of sp³-hybridized carbons (Fsp3) is 0.571. The first-order chi connectivity index (χ1) is 9.54. The summed E-state index contributed by atoms with van der Waals surface area (Å²) in [5, 5.41) is 14.2. The molecule has 0 bridgehead atoms. The van der Waals surface area contributed by atoms with Crippen molar-refractivity contribution in [1.82, 2.24) is 4.90 Å². The topological polar surface area (TPSA) is 67.6 Å². The predicted octanol–water partition coefficient (Wildman–Crippen LogP) is 2.04. The van der Waals surface area contributed by atoms with Crippen molar-refractivity contribution in [2.24, 2.45) is 0 Å². The molecule has 0 saturated carbocycles. The second kappa shape index (κ2) is 6.67. The van der Waals surface area contributed by atoms with E-state index >= 15 is 0 Å². The van der Waals surface area contributed by atoms with Crippen molar-refractivity contribution < 1.29 is 9.66 Å². The van der Waals surface area contributed by atoms with E-state index in [0.717, 1.165) is 44.1 Å². The summed E-state index contributed by atoms with van der Waals surface area (Å²) in [5.74, 6) is 0. The quantitative estimate of drug-likeness (QED) is 0.660. The third kappa shape index (κ3) is 4.18. The van der Waals surface area contributed by atoms with E-state index < -0.39 is 0 Å². The molecule has 0 aliphatic carbocycles. The average molecular weight is 279 g/mol. The van der Waals surface area contributed by atoms with Crippen LogP contribution in [0.2, 0.25) is 0 Å². The first kappa shape index (κ1) is 14.7. The fourth-order valence-corrected chi connectivity index (χ4v) is 2.45. The number of nitrogens with one attached hydrogen (secondary N) is 1. The summed E-state index contributed by atoms with van der Waals surface area (Å²) in [6, 6.07) is 5.33. The monoisotopic (exact) mass is 279 g/mol. The number of nitro groups is 1. The molecule has 1 unspecified atom stereocenters. The zero-order valence-corrected chi connectivity index (χ0v) is 12.0. The van der Waals surface area contributed by atoms with E-state index in [2.05, 4.69) is 17.1 Å². The maximum Gasteiger partial charge on any atom is 0.271 e. The van der Waals surface area contributed by atoms with Gasteiger partial charge in [0.05, 0.1) is 18.1 Å². The van der Waals surface area contributed by atoms with E-state index in [1.165, 1.54) is 0 Å². The van der Waals surface area contributed by atoms with Gasteiger partial charge >= 0.3 is 0 Å². The van der Waals surface area contributed by atoms with Crippen LogP contribution >= 0.6 is 0 Å². The van der Waals surface area contributed by atoms with Crippen LogP contribution in [0.5, 0.6) is 0 Å². The van der Waals surface area contributed by atoms with E-state index in [4.69, 9.17) is 4.74 Å². The van der Waals surface area contributed by atoms with Gasteiger partial charge in [-0.25, -0.2) is 0 Å². The van der Waals surface area contributed by atoms with Gasteiger partial charge in [-0.15, -0.1) is 0 Å². The highest BCUT2D eigenvalue weighted by Gasteiger charge is 2.14. The molecule has 0 spiro atoms. The molecule has 110 valence electrons. The van der Waals surface area contributed by atoms with Gasteiger partial charge in [0.25, 0.3) is 5.69 Å². The van der Waals surface area contributed by atoms with Gasteiger partial charge < -0.3 is 10.1 Å². The second-order valence-corrected chi connectivity index (χ2v) is 5.27. The van der Waals surface area contributed by atoms with Gasteiger partial charge in [-0.2, -0.15) is 0 Å². The van der Waals surface area contributed by atoms with E-state index in [-0.39, 0.29) is 16.7 Å². The normalized spacial score (nSPS) is 17.7. The molecule has 1 aromatic rings. The third-order valence-electron chi connectivity index (χ3n) is 3.32. The van der Waals surface area contributed by atoms with Gasteiger partial charge in [0.1, 0.15) is 0 Å². The molecule has 2 rings (SSSR count). The van der Waals surface area contributed by atoms with Gasteiger partial charge in [0.2, 0.25) is 0 Å². The number of nitrogens with zero attached hydrogens (tertiary/aromatic N) is 2. The highest BCUT2D eigenvalue weighted by Crippen LogP contribution is 2.21. The van der Waals surface area contributed by atoms with Crippen LogP contribution in [0.15, 0.2) is 18.2 Å². The highest BCUT2D eigenvalue weighted by atomic mass is 16.6. The maximum atomic E-state index is 10.9. The number of morpholine rings is 1. The Kier molecular flexibility index (Phi) is 4.92. The molecule has 20 heavy (non-hydrogen) atoms. The number of aryl methyl sites for hydroxylation is 1. The molecule has 1 atom stereocenters. The number of benzene rings is 1. The van der Waals surface area contributed by atoms with Gasteiger partial charge in [0.15, 0.2) is 0 Å². The summed E-state index contributed by atoms with van der Waals surface area (Å²) in [4.78, 5) is 12.8. The molecule has 0 amide bonds. The first-order valence-corrected chi connectivity index (χ1v) is 6.87. The number of anilines is 1. The van der Waals surface area contributed by atoms with Crippen molar-refractivity contribution in [2.45, 2.75) is 19.9 Å². The maximum absolute atomic E-state index is 10.9. The van der Waals surface area contributed by atoms with Crippen LogP contribution in [-0.2, 0) is 4.74 Å². The Morgan fingerprint density at radius 1 is 1.40 bits per heavy atom. The van der Waals surface area contributed by atoms with E-state index in [0.29, 0.717) is 0 Å². The minimum Gasteiger partial charge on any atom is -0.381 e. The number of hydrogen-bond acceptors (Lipinski definition) is 5. The lowest BCUT2D eigenvalue weighted by atomic mass is 10.1. The molecule has 6 heteroatoms. The van der Waals surface area contributed by atoms with E-state index in [1.807, 2.05) is 13.0 Å². The minimum absolute atomic E-state index is 0.131. The van der Waals surface area contributed by atoms with Crippen molar-refractivity contribution in [3.05, 3.63) is 33.9 Å². The Morgan fingerprint density at radius 3 is 2.75 bits per heavy atom. The first-order valence-electron chi connectivity index (χ1n) is 6.87. The summed E-state index contributed by atoms with van der Waals surface area (Å²) in [6.07, 6.45) is 0. The largest absolute Gasteiger partial charge is 0.381 e. The lowest BCUT2D eigenvalue weighted by molar-refractivity contribution is -0.384. The summed E-state index contributed by atoms with van der Waals surface area (Å²) < 4.78 is 5.32. The zero-order valence-electron chi connectivity index (χ0n) is 12.0. The number of rotatable bonds is 5. The van der Waals surface area contributed by atoms with E-state index in [1.54, 1.807) is 12.1 Å². The molecule has 1 heterocycles. The van der Waals surface area contributed by atoms with Crippen LogP contribution in [0.1, 0.15) is 12.5 Å². The molecule has 1 N–H and O–H groups in total. The number of hydrogen-bond donors (Lipinski definition) is 1. The molecule has 1 aliphatic heterocycles.